The minimum Gasteiger partial charge on any atom is -0.481 e. The standard InChI is InChI=1S/C19H18N2O2/c1-14(19(22)21-13-15-5-4-10-20-12-15)23-18-9-8-16-6-2-3-7-17(16)11-18/h2-12,14H,13H2,1H3,(H,21,22). The fourth-order valence-corrected chi connectivity index (χ4v) is 2.33. The van der Waals surface area contributed by atoms with Crippen LogP contribution in [0.5, 0.6) is 5.75 Å². The van der Waals surface area contributed by atoms with Gasteiger partial charge in [-0.05, 0) is 41.5 Å². The van der Waals surface area contributed by atoms with Gasteiger partial charge in [0.15, 0.2) is 6.10 Å². The molecule has 3 aromatic rings. The van der Waals surface area contributed by atoms with Gasteiger partial charge in [-0.1, -0.05) is 36.4 Å². The predicted molar refractivity (Wildman–Crippen MR) is 90.1 cm³/mol. The molecule has 116 valence electrons. The summed E-state index contributed by atoms with van der Waals surface area (Å²) < 4.78 is 5.74. The van der Waals surface area contributed by atoms with E-state index < -0.39 is 6.10 Å². The Balaban J connectivity index is 1.60. The van der Waals surface area contributed by atoms with Crippen LogP contribution >= 0.6 is 0 Å². The number of rotatable bonds is 5. The Kier molecular flexibility index (Phi) is 4.52. The highest BCUT2D eigenvalue weighted by atomic mass is 16.5. The number of carbonyl (C=O) groups is 1. The molecule has 1 heterocycles. The van der Waals surface area contributed by atoms with Crippen molar-refractivity contribution in [3.05, 3.63) is 72.6 Å². The number of carbonyl (C=O) groups excluding carboxylic acids is 1. The SMILES string of the molecule is CC(Oc1ccc2ccccc2c1)C(=O)NCc1cccnc1. The second-order valence-corrected chi connectivity index (χ2v) is 5.35. The molecule has 0 bridgehead atoms. The topological polar surface area (TPSA) is 51.2 Å². The number of aromatic nitrogens is 1. The van der Waals surface area contributed by atoms with Gasteiger partial charge in [-0.25, -0.2) is 0 Å². The molecule has 1 unspecified atom stereocenters. The van der Waals surface area contributed by atoms with Crippen molar-refractivity contribution in [3.8, 4) is 5.75 Å². The molecule has 4 nitrogen and oxygen atoms in total. The van der Waals surface area contributed by atoms with Gasteiger partial charge in [-0.2, -0.15) is 0 Å². The zero-order chi connectivity index (χ0) is 16.1. The van der Waals surface area contributed by atoms with Crippen LogP contribution in [0.1, 0.15) is 12.5 Å². The Hall–Kier alpha value is -2.88. The van der Waals surface area contributed by atoms with Crippen molar-refractivity contribution in [2.24, 2.45) is 0 Å². The predicted octanol–water partition coefficient (Wildman–Crippen LogP) is 3.32. The van der Waals surface area contributed by atoms with Crippen LogP contribution in [0.2, 0.25) is 0 Å². The Morgan fingerprint density at radius 3 is 2.74 bits per heavy atom. The molecule has 0 spiro atoms. The third-order valence-corrected chi connectivity index (χ3v) is 3.59. The fraction of sp³-hybridized carbons (Fsp3) is 0.158. The lowest BCUT2D eigenvalue weighted by molar-refractivity contribution is -0.127. The van der Waals surface area contributed by atoms with Crippen LogP contribution in [0, 0.1) is 0 Å². The Morgan fingerprint density at radius 1 is 1.13 bits per heavy atom. The molecule has 3 rings (SSSR count). The van der Waals surface area contributed by atoms with Gasteiger partial charge in [-0.15, -0.1) is 0 Å². The normalized spacial score (nSPS) is 11.9. The van der Waals surface area contributed by atoms with Gasteiger partial charge in [0.25, 0.3) is 5.91 Å². The highest BCUT2D eigenvalue weighted by molar-refractivity contribution is 5.84. The quantitative estimate of drug-likeness (QED) is 0.786. The summed E-state index contributed by atoms with van der Waals surface area (Å²) in [5.41, 5.74) is 0.957. The van der Waals surface area contributed by atoms with E-state index in [1.807, 2.05) is 54.6 Å². The van der Waals surface area contributed by atoms with E-state index in [0.29, 0.717) is 12.3 Å². The van der Waals surface area contributed by atoms with E-state index in [1.54, 1.807) is 19.3 Å². The largest absolute Gasteiger partial charge is 0.481 e. The third kappa shape index (κ3) is 3.86. The summed E-state index contributed by atoms with van der Waals surface area (Å²) in [6.07, 6.45) is 2.87. The first-order valence-corrected chi connectivity index (χ1v) is 7.54. The third-order valence-electron chi connectivity index (χ3n) is 3.59. The first-order valence-electron chi connectivity index (χ1n) is 7.54. The summed E-state index contributed by atoms with van der Waals surface area (Å²) in [4.78, 5) is 16.1. The van der Waals surface area contributed by atoms with E-state index in [-0.39, 0.29) is 5.91 Å². The molecule has 0 radical (unpaired) electrons. The molecule has 0 aliphatic carbocycles. The van der Waals surface area contributed by atoms with Gasteiger partial charge < -0.3 is 10.1 Å². The Morgan fingerprint density at radius 2 is 1.96 bits per heavy atom. The minimum atomic E-state index is -0.562. The van der Waals surface area contributed by atoms with Gasteiger partial charge in [0.05, 0.1) is 0 Å². The van der Waals surface area contributed by atoms with E-state index in [4.69, 9.17) is 4.74 Å². The molecule has 0 fully saturated rings. The molecule has 0 saturated carbocycles. The lowest BCUT2D eigenvalue weighted by Gasteiger charge is -2.15. The zero-order valence-corrected chi connectivity index (χ0v) is 12.9. The summed E-state index contributed by atoms with van der Waals surface area (Å²) >= 11 is 0. The molecular weight excluding hydrogens is 288 g/mol. The molecule has 0 aliphatic heterocycles. The Bertz CT molecular complexity index is 803. The van der Waals surface area contributed by atoms with Gasteiger partial charge in [0.1, 0.15) is 5.75 Å². The Labute approximate surface area is 135 Å². The maximum atomic E-state index is 12.1. The number of amides is 1. The number of fused-ring (bicyclic) bond motifs is 1. The molecular formula is C19H18N2O2. The maximum absolute atomic E-state index is 12.1. The van der Waals surface area contributed by atoms with Crippen LogP contribution < -0.4 is 10.1 Å². The number of nitrogens with one attached hydrogen (secondary N) is 1. The van der Waals surface area contributed by atoms with Crippen LogP contribution in [-0.2, 0) is 11.3 Å². The molecule has 1 atom stereocenters. The smallest absolute Gasteiger partial charge is 0.261 e. The second kappa shape index (κ2) is 6.92. The van der Waals surface area contributed by atoms with E-state index in [1.165, 1.54) is 0 Å². The first kappa shape index (κ1) is 15.0. The van der Waals surface area contributed by atoms with E-state index in [2.05, 4.69) is 10.3 Å². The van der Waals surface area contributed by atoms with Crippen molar-refractivity contribution in [1.82, 2.24) is 10.3 Å². The molecule has 4 heteroatoms. The van der Waals surface area contributed by atoms with Crippen molar-refractivity contribution in [2.75, 3.05) is 0 Å². The summed E-state index contributed by atoms with van der Waals surface area (Å²) in [5, 5.41) is 5.09. The van der Waals surface area contributed by atoms with Crippen molar-refractivity contribution in [1.29, 1.82) is 0 Å². The average molecular weight is 306 g/mol. The van der Waals surface area contributed by atoms with Crippen molar-refractivity contribution >= 4 is 16.7 Å². The summed E-state index contributed by atoms with van der Waals surface area (Å²) in [7, 11) is 0. The first-order chi connectivity index (χ1) is 11.2. The summed E-state index contributed by atoms with van der Waals surface area (Å²) in [6, 6.07) is 17.6. The van der Waals surface area contributed by atoms with Gasteiger partial charge in [0, 0.05) is 18.9 Å². The molecule has 1 aromatic heterocycles. The average Bonchev–Trinajstić information content (AvgIpc) is 2.60. The van der Waals surface area contributed by atoms with Gasteiger partial charge in [-0.3, -0.25) is 9.78 Å². The van der Waals surface area contributed by atoms with E-state index in [9.17, 15) is 4.79 Å². The van der Waals surface area contributed by atoms with Crippen LogP contribution in [0.25, 0.3) is 10.8 Å². The molecule has 2 aromatic carbocycles. The lowest BCUT2D eigenvalue weighted by atomic mass is 10.1. The van der Waals surface area contributed by atoms with Crippen LogP contribution in [0.15, 0.2) is 67.0 Å². The molecule has 1 N–H and O–H groups in total. The summed E-state index contributed by atoms with van der Waals surface area (Å²) in [5.74, 6) is 0.537. The van der Waals surface area contributed by atoms with Crippen molar-refractivity contribution in [3.63, 3.8) is 0 Å². The summed E-state index contributed by atoms with van der Waals surface area (Å²) in [6.45, 7) is 2.19. The lowest BCUT2D eigenvalue weighted by Crippen LogP contribution is -2.35. The molecule has 0 saturated heterocycles. The number of nitrogens with zero attached hydrogens (tertiary/aromatic N) is 1. The molecule has 0 aliphatic rings. The van der Waals surface area contributed by atoms with Crippen molar-refractivity contribution in [2.45, 2.75) is 19.6 Å². The highest BCUT2D eigenvalue weighted by Crippen LogP contribution is 2.21. The number of benzene rings is 2. The number of hydrogen-bond acceptors (Lipinski definition) is 3. The monoisotopic (exact) mass is 306 g/mol. The highest BCUT2D eigenvalue weighted by Gasteiger charge is 2.14. The number of pyridine rings is 1. The van der Waals surface area contributed by atoms with Gasteiger partial charge >= 0.3 is 0 Å². The number of hydrogen-bond donors (Lipinski definition) is 1. The van der Waals surface area contributed by atoms with E-state index in [0.717, 1.165) is 16.3 Å². The second-order valence-electron chi connectivity index (χ2n) is 5.35. The van der Waals surface area contributed by atoms with Gasteiger partial charge in [0.2, 0.25) is 0 Å². The molecule has 23 heavy (non-hydrogen) atoms. The van der Waals surface area contributed by atoms with Crippen molar-refractivity contribution < 1.29 is 9.53 Å². The maximum Gasteiger partial charge on any atom is 0.261 e. The zero-order valence-electron chi connectivity index (χ0n) is 12.9. The number of ether oxygens (including phenoxy) is 1. The molecule has 1 amide bonds. The minimum absolute atomic E-state index is 0.151. The fourth-order valence-electron chi connectivity index (χ4n) is 2.33. The van der Waals surface area contributed by atoms with Crippen LogP contribution in [0.3, 0.4) is 0 Å². The van der Waals surface area contributed by atoms with E-state index >= 15 is 0 Å². The van der Waals surface area contributed by atoms with Crippen LogP contribution in [-0.4, -0.2) is 17.0 Å². The van der Waals surface area contributed by atoms with Crippen LogP contribution in [0.4, 0.5) is 0 Å².